The third-order valence-corrected chi connectivity index (χ3v) is 1.99. The largest absolute Gasteiger partial charge is 0.406 e. The van der Waals surface area contributed by atoms with Crippen molar-refractivity contribution in [2.75, 3.05) is 13.1 Å². The van der Waals surface area contributed by atoms with Crippen molar-refractivity contribution >= 4 is 5.69 Å². The third-order valence-electron chi connectivity index (χ3n) is 1.99. The van der Waals surface area contributed by atoms with E-state index < -0.39 is 4.92 Å². The van der Waals surface area contributed by atoms with Gasteiger partial charge in [0.15, 0.2) is 0 Å². The van der Waals surface area contributed by atoms with E-state index in [2.05, 4.69) is 0 Å². The topological polar surface area (TPSA) is 55.6 Å². The zero-order valence-corrected chi connectivity index (χ0v) is 8.84. The van der Waals surface area contributed by atoms with Gasteiger partial charge in [0.25, 0.3) is 5.69 Å². The first-order valence-corrected chi connectivity index (χ1v) is 4.84. The molecule has 0 saturated carbocycles. The van der Waals surface area contributed by atoms with Crippen molar-refractivity contribution in [3.05, 3.63) is 34.4 Å². The second-order valence-electron chi connectivity index (χ2n) is 2.96. The molecule has 0 spiro atoms. The second kappa shape index (κ2) is 5.31. The quantitative estimate of drug-likeness (QED) is 0.552. The monoisotopic (exact) mass is 210 g/mol. The van der Waals surface area contributed by atoms with Gasteiger partial charge in [0.1, 0.15) is 5.75 Å². The minimum atomic E-state index is -0.429. The maximum absolute atomic E-state index is 10.4. The number of hydrogen-bond donors (Lipinski definition) is 0. The van der Waals surface area contributed by atoms with E-state index in [1.807, 2.05) is 13.8 Å². The molecule has 1 rings (SSSR count). The predicted octanol–water partition coefficient (Wildman–Crippen LogP) is 2.23. The normalized spacial score (nSPS) is 10.3. The molecule has 5 heteroatoms. The first kappa shape index (κ1) is 11.5. The zero-order chi connectivity index (χ0) is 11.3. The van der Waals surface area contributed by atoms with E-state index in [1.165, 1.54) is 12.1 Å². The minimum Gasteiger partial charge on any atom is -0.406 e. The van der Waals surface area contributed by atoms with Crippen LogP contribution in [0.5, 0.6) is 5.75 Å². The van der Waals surface area contributed by atoms with Crippen molar-refractivity contribution in [2.45, 2.75) is 13.8 Å². The van der Waals surface area contributed by atoms with Gasteiger partial charge in [0, 0.05) is 25.2 Å². The average Bonchev–Trinajstić information content (AvgIpc) is 2.26. The Balaban J connectivity index is 2.67. The predicted molar refractivity (Wildman–Crippen MR) is 56.6 cm³/mol. The highest BCUT2D eigenvalue weighted by molar-refractivity contribution is 5.35. The number of nitro benzene ring substituents is 1. The van der Waals surface area contributed by atoms with E-state index in [0.717, 1.165) is 13.1 Å². The van der Waals surface area contributed by atoms with Crippen LogP contribution < -0.4 is 4.84 Å². The first-order chi connectivity index (χ1) is 7.17. The molecule has 0 amide bonds. The lowest BCUT2D eigenvalue weighted by Crippen LogP contribution is -2.26. The Morgan fingerprint density at radius 2 is 1.80 bits per heavy atom. The lowest BCUT2D eigenvalue weighted by atomic mass is 10.3. The lowest BCUT2D eigenvalue weighted by Gasteiger charge is -2.18. The Morgan fingerprint density at radius 1 is 1.27 bits per heavy atom. The number of hydrogen-bond acceptors (Lipinski definition) is 4. The molecule has 0 unspecified atom stereocenters. The molecule has 0 heterocycles. The number of benzene rings is 1. The van der Waals surface area contributed by atoms with Gasteiger partial charge in [0.2, 0.25) is 0 Å². The van der Waals surface area contributed by atoms with Crippen molar-refractivity contribution in [2.24, 2.45) is 0 Å². The van der Waals surface area contributed by atoms with Crippen LogP contribution in [0.1, 0.15) is 13.8 Å². The summed E-state index contributed by atoms with van der Waals surface area (Å²) in [5, 5.41) is 12.2. The summed E-state index contributed by atoms with van der Waals surface area (Å²) in [6, 6.07) is 6.05. The van der Waals surface area contributed by atoms with Crippen LogP contribution in [0, 0.1) is 10.1 Å². The van der Waals surface area contributed by atoms with Gasteiger partial charge in [-0.15, -0.1) is 5.06 Å². The van der Waals surface area contributed by atoms with Crippen molar-refractivity contribution in [3.63, 3.8) is 0 Å². The van der Waals surface area contributed by atoms with E-state index >= 15 is 0 Å². The fraction of sp³-hybridized carbons (Fsp3) is 0.400. The van der Waals surface area contributed by atoms with Gasteiger partial charge in [-0.25, -0.2) is 0 Å². The van der Waals surface area contributed by atoms with Crippen LogP contribution >= 0.6 is 0 Å². The molecule has 0 N–H and O–H groups in total. The maximum atomic E-state index is 10.4. The zero-order valence-electron chi connectivity index (χ0n) is 8.84. The molecular formula is C10H14N2O3. The van der Waals surface area contributed by atoms with Crippen LogP contribution in [-0.2, 0) is 0 Å². The Morgan fingerprint density at radius 3 is 2.20 bits per heavy atom. The molecule has 0 fully saturated rings. The lowest BCUT2D eigenvalue weighted by molar-refractivity contribution is -0.384. The summed E-state index contributed by atoms with van der Waals surface area (Å²) in [4.78, 5) is 15.4. The van der Waals surface area contributed by atoms with E-state index in [1.54, 1.807) is 17.2 Å². The van der Waals surface area contributed by atoms with Crippen LogP contribution in [0.15, 0.2) is 24.3 Å². The third kappa shape index (κ3) is 3.21. The summed E-state index contributed by atoms with van der Waals surface area (Å²) in [6.07, 6.45) is 0. The summed E-state index contributed by atoms with van der Waals surface area (Å²) < 4.78 is 0. The van der Waals surface area contributed by atoms with Crippen LogP contribution in [0.2, 0.25) is 0 Å². The summed E-state index contributed by atoms with van der Waals surface area (Å²) in [7, 11) is 0. The Kier molecular flexibility index (Phi) is 4.05. The molecule has 0 radical (unpaired) electrons. The summed E-state index contributed by atoms with van der Waals surface area (Å²) in [5.41, 5.74) is 0.0712. The Labute approximate surface area is 88.4 Å². The second-order valence-corrected chi connectivity index (χ2v) is 2.96. The number of nitro groups is 1. The number of hydroxylamine groups is 2. The standard InChI is InChI=1S/C10H14N2O3/c1-3-11(4-2)15-10-7-5-9(6-8-10)12(13)14/h5-8H,3-4H2,1-2H3. The van der Waals surface area contributed by atoms with E-state index in [9.17, 15) is 10.1 Å². The molecule has 15 heavy (non-hydrogen) atoms. The highest BCUT2D eigenvalue weighted by Gasteiger charge is 2.06. The summed E-state index contributed by atoms with van der Waals surface area (Å²) in [5.74, 6) is 0.615. The van der Waals surface area contributed by atoms with Crippen molar-refractivity contribution in [1.29, 1.82) is 0 Å². The van der Waals surface area contributed by atoms with Gasteiger partial charge < -0.3 is 4.84 Å². The van der Waals surface area contributed by atoms with Gasteiger partial charge in [-0.2, -0.15) is 0 Å². The molecule has 0 aliphatic carbocycles. The molecule has 82 valence electrons. The Bertz CT molecular complexity index is 320. The molecule has 0 saturated heterocycles. The van der Waals surface area contributed by atoms with Crippen LogP contribution in [0.4, 0.5) is 5.69 Å². The molecule has 5 nitrogen and oxygen atoms in total. The minimum absolute atomic E-state index is 0.0712. The van der Waals surface area contributed by atoms with E-state index in [0.29, 0.717) is 5.75 Å². The van der Waals surface area contributed by atoms with Crippen molar-refractivity contribution in [1.82, 2.24) is 5.06 Å². The first-order valence-electron chi connectivity index (χ1n) is 4.84. The summed E-state index contributed by atoms with van der Waals surface area (Å²) in [6.45, 7) is 5.50. The fourth-order valence-corrected chi connectivity index (χ4v) is 1.13. The molecule has 0 atom stereocenters. The number of nitrogens with zero attached hydrogens (tertiary/aromatic N) is 2. The summed E-state index contributed by atoms with van der Waals surface area (Å²) >= 11 is 0. The number of rotatable bonds is 5. The Hall–Kier alpha value is -1.62. The number of non-ortho nitro benzene ring substituents is 1. The van der Waals surface area contributed by atoms with Crippen LogP contribution in [-0.4, -0.2) is 23.1 Å². The van der Waals surface area contributed by atoms with Gasteiger partial charge in [-0.3, -0.25) is 10.1 Å². The molecular weight excluding hydrogens is 196 g/mol. The molecule has 1 aromatic rings. The van der Waals surface area contributed by atoms with Crippen LogP contribution in [0.3, 0.4) is 0 Å². The molecule has 1 aromatic carbocycles. The van der Waals surface area contributed by atoms with E-state index in [4.69, 9.17) is 4.84 Å². The highest BCUT2D eigenvalue weighted by Crippen LogP contribution is 2.17. The molecule has 0 aromatic heterocycles. The smallest absolute Gasteiger partial charge is 0.269 e. The van der Waals surface area contributed by atoms with Gasteiger partial charge >= 0.3 is 0 Å². The fourth-order valence-electron chi connectivity index (χ4n) is 1.13. The van der Waals surface area contributed by atoms with Gasteiger partial charge in [-0.05, 0) is 26.0 Å². The van der Waals surface area contributed by atoms with Gasteiger partial charge in [0.05, 0.1) is 4.92 Å². The molecule has 0 aliphatic rings. The molecule has 0 bridgehead atoms. The van der Waals surface area contributed by atoms with Crippen LogP contribution in [0.25, 0.3) is 0 Å². The molecule has 0 aliphatic heterocycles. The SMILES string of the molecule is CCN(CC)Oc1ccc([N+](=O)[O-])cc1. The average molecular weight is 210 g/mol. The van der Waals surface area contributed by atoms with Crippen molar-refractivity contribution in [3.8, 4) is 5.75 Å². The maximum Gasteiger partial charge on any atom is 0.269 e. The highest BCUT2D eigenvalue weighted by atomic mass is 16.7. The van der Waals surface area contributed by atoms with Gasteiger partial charge in [-0.1, -0.05) is 0 Å². The van der Waals surface area contributed by atoms with Crippen molar-refractivity contribution < 1.29 is 9.76 Å². The van der Waals surface area contributed by atoms with E-state index in [-0.39, 0.29) is 5.69 Å².